The van der Waals surface area contributed by atoms with Crippen LogP contribution < -0.4 is 14.4 Å². The molecule has 4 aliphatic rings. The molecule has 2 aliphatic carbocycles. The quantitative estimate of drug-likeness (QED) is 0.263. The van der Waals surface area contributed by atoms with Gasteiger partial charge in [-0.2, -0.15) is 0 Å². The molecule has 50 heavy (non-hydrogen) atoms. The van der Waals surface area contributed by atoms with E-state index in [2.05, 4.69) is 15.7 Å². The number of sulfonamides is 1. The van der Waals surface area contributed by atoms with E-state index in [1.807, 2.05) is 32.9 Å². The second kappa shape index (κ2) is 13.5. The molecule has 2 aromatic carbocycles. The van der Waals surface area contributed by atoms with Gasteiger partial charge in [0.25, 0.3) is 5.91 Å². The van der Waals surface area contributed by atoms with Gasteiger partial charge in [0, 0.05) is 29.1 Å². The van der Waals surface area contributed by atoms with Crippen LogP contribution in [0.2, 0.25) is 5.02 Å². The molecule has 11 heteroatoms. The summed E-state index contributed by atoms with van der Waals surface area (Å²) in [7, 11) is -4.05. The van der Waals surface area contributed by atoms with E-state index in [1.54, 1.807) is 51.1 Å². The van der Waals surface area contributed by atoms with Gasteiger partial charge in [-0.15, -0.1) is 0 Å². The first-order valence-electron chi connectivity index (χ1n) is 17.9. The topological polar surface area (TPSA) is 122 Å². The van der Waals surface area contributed by atoms with Gasteiger partial charge in [-0.1, -0.05) is 36.7 Å². The SMILES string of the molecule is C[C@H](C(=O)OC(C)(C)C)[C@]1(O)/C=C/C[C@H](C)[C@@H](C)S(=O)(=O)NC(=O)c2ccc3c(c2)N(C[C@@H]2CC[C@H]21)C[C@@]1(CCCc2cc(Cl)ccc21)CO3. The summed E-state index contributed by atoms with van der Waals surface area (Å²) in [5.41, 5.74) is 0.697. The predicted octanol–water partition coefficient (Wildman–Crippen LogP) is 6.59. The summed E-state index contributed by atoms with van der Waals surface area (Å²) >= 11 is 6.44. The van der Waals surface area contributed by atoms with Gasteiger partial charge in [-0.3, -0.25) is 9.59 Å². The predicted molar refractivity (Wildman–Crippen MR) is 195 cm³/mol. The first-order chi connectivity index (χ1) is 23.4. The number of aliphatic hydroxyl groups is 1. The molecule has 1 spiro atoms. The van der Waals surface area contributed by atoms with Crippen LogP contribution in [0, 0.1) is 23.7 Å². The first-order valence-corrected chi connectivity index (χ1v) is 19.8. The van der Waals surface area contributed by atoms with Crippen LogP contribution in [0.4, 0.5) is 5.69 Å². The lowest BCUT2D eigenvalue weighted by molar-refractivity contribution is -0.173. The number of hydrogen-bond donors (Lipinski definition) is 2. The summed E-state index contributed by atoms with van der Waals surface area (Å²) in [4.78, 5) is 29.3. The number of anilines is 1. The maximum absolute atomic E-state index is 13.5. The van der Waals surface area contributed by atoms with Crippen molar-refractivity contribution in [1.29, 1.82) is 0 Å². The molecule has 9 nitrogen and oxygen atoms in total. The highest BCUT2D eigenvalue weighted by Gasteiger charge is 2.52. The Hall–Kier alpha value is -3.08. The van der Waals surface area contributed by atoms with E-state index in [1.165, 1.54) is 11.1 Å². The van der Waals surface area contributed by atoms with Crippen molar-refractivity contribution in [3.8, 4) is 5.75 Å². The lowest BCUT2D eigenvalue weighted by atomic mass is 9.60. The Kier molecular flexibility index (Phi) is 9.89. The standard InChI is InChI=1S/C39H51ClN2O7S/c1-24-9-7-18-39(45,25(2)36(44)49-37(4,5)6)32-14-11-29(32)21-42-22-38(17-8-10-27-19-30(40)13-15-31(27)38)23-48-34-16-12-28(20-33(34)42)35(43)41-50(46,47)26(24)3/h7,12-13,15-16,18-20,24-26,29,32,45H,8-11,14,17,21-23H2,1-6H3,(H,41,43)/b18-7+/t24-,25+,26+,29-,32+,38-,39+/m0/s1. The molecule has 1 fully saturated rings. The van der Waals surface area contributed by atoms with Crippen LogP contribution in [-0.2, 0) is 31.4 Å². The number of halogens is 1. The molecule has 2 bridgehead atoms. The van der Waals surface area contributed by atoms with Crippen molar-refractivity contribution in [3.63, 3.8) is 0 Å². The van der Waals surface area contributed by atoms with E-state index in [0.717, 1.165) is 25.7 Å². The summed E-state index contributed by atoms with van der Waals surface area (Å²) in [5.74, 6) is -2.07. The minimum absolute atomic E-state index is 0.00734. The Morgan fingerprint density at radius 1 is 1.16 bits per heavy atom. The van der Waals surface area contributed by atoms with Gasteiger partial charge in [0.15, 0.2) is 0 Å². The number of amides is 1. The highest BCUT2D eigenvalue weighted by molar-refractivity contribution is 7.90. The van der Waals surface area contributed by atoms with E-state index in [9.17, 15) is 23.1 Å². The Bertz CT molecular complexity index is 1790. The minimum atomic E-state index is -4.05. The number of hydrogen-bond acceptors (Lipinski definition) is 8. The molecule has 6 rings (SSSR count). The van der Waals surface area contributed by atoms with E-state index in [-0.39, 0.29) is 28.7 Å². The second-order valence-corrected chi connectivity index (χ2v) is 18.6. The van der Waals surface area contributed by atoms with Crippen molar-refractivity contribution < 1.29 is 32.6 Å². The van der Waals surface area contributed by atoms with Gasteiger partial charge >= 0.3 is 5.97 Å². The van der Waals surface area contributed by atoms with Gasteiger partial charge in [-0.25, -0.2) is 13.1 Å². The van der Waals surface area contributed by atoms with Crippen LogP contribution in [0.3, 0.4) is 0 Å². The van der Waals surface area contributed by atoms with Crippen molar-refractivity contribution in [3.05, 3.63) is 70.3 Å². The zero-order valence-corrected chi connectivity index (χ0v) is 31.6. The van der Waals surface area contributed by atoms with Crippen LogP contribution in [0.5, 0.6) is 5.75 Å². The Balaban J connectivity index is 1.46. The first kappa shape index (κ1) is 36.7. The third-order valence-electron chi connectivity index (χ3n) is 11.6. The molecule has 1 amide bonds. The largest absolute Gasteiger partial charge is 0.490 e. The summed E-state index contributed by atoms with van der Waals surface area (Å²) < 4.78 is 41.6. The fourth-order valence-electron chi connectivity index (χ4n) is 8.35. The molecule has 2 N–H and O–H groups in total. The lowest BCUT2D eigenvalue weighted by Crippen LogP contribution is -2.56. The van der Waals surface area contributed by atoms with Crippen LogP contribution in [0.25, 0.3) is 0 Å². The molecule has 7 atom stereocenters. The second-order valence-electron chi connectivity index (χ2n) is 16.2. The Morgan fingerprint density at radius 3 is 2.62 bits per heavy atom. The zero-order chi connectivity index (χ0) is 36.2. The number of allylic oxidation sites excluding steroid dienone is 1. The maximum Gasteiger partial charge on any atom is 0.312 e. The average Bonchev–Trinajstić information content (AvgIpc) is 3.17. The monoisotopic (exact) mass is 726 g/mol. The molecule has 0 radical (unpaired) electrons. The van der Waals surface area contributed by atoms with E-state index >= 15 is 0 Å². The Labute approximate surface area is 301 Å². The lowest BCUT2D eigenvalue weighted by Gasteiger charge is -2.50. The number of fused-ring (bicyclic) bond motifs is 4. The van der Waals surface area contributed by atoms with Crippen molar-refractivity contribution in [2.45, 2.75) is 102 Å². The van der Waals surface area contributed by atoms with Gasteiger partial charge in [0.05, 0.1) is 29.1 Å². The van der Waals surface area contributed by atoms with Gasteiger partial charge in [0.1, 0.15) is 11.4 Å². The summed E-state index contributed by atoms with van der Waals surface area (Å²) in [6, 6.07) is 11.2. The van der Waals surface area contributed by atoms with Crippen LogP contribution >= 0.6 is 11.6 Å². The fourth-order valence-corrected chi connectivity index (χ4v) is 9.83. The summed E-state index contributed by atoms with van der Waals surface area (Å²) in [5, 5.41) is 12.4. The molecular weight excluding hydrogens is 676 g/mol. The minimum Gasteiger partial charge on any atom is -0.490 e. The van der Waals surface area contributed by atoms with Crippen molar-refractivity contribution in [2.24, 2.45) is 23.7 Å². The molecule has 2 aliphatic heterocycles. The third kappa shape index (κ3) is 7.04. The van der Waals surface area contributed by atoms with E-state index < -0.39 is 44.3 Å². The number of rotatable bonds is 2. The summed E-state index contributed by atoms with van der Waals surface area (Å²) in [6.45, 7) is 12.1. The number of benzene rings is 2. The Morgan fingerprint density at radius 2 is 1.92 bits per heavy atom. The molecule has 2 aromatic rings. The number of aryl methyl sites for hydroxylation is 1. The molecule has 1 saturated carbocycles. The third-order valence-corrected chi connectivity index (χ3v) is 13.8. The van der Waals surface area contributed by atoms with Gasteiger partial charge in [0.2, 0.25) is 10.0 Å². The molecule has 272 valence electrons. The van der Waals surface area contributed by atoms with Crippen LogP contribution in [0.1, 0.15) is 95.1 Å². The van der Waals surface area contributed by atoms with Crippen LogP contribution in [0.15, 0.2) is 48.6 Å². The van der Waals surface area contributed by atoms with Crippen LogP contribution in [-0.4, -0.2) is 61.5 Å². The van der Waals surface area contributed by atoms with Gasteiger partial charge in [-0.05, 0) is 132 Å². The molecule has 0 unspecified atom stereocenters. The number of ether oxygens (including phenoxy) is 2. The number of nitrogens with zero attached hydrogens (tertiary/aromatic N) is 1. The van der Waals surface area contributed by atoms with Crippen molar-refractivity contribution >= 4 is 39.2 Å². The summed E-state index contributed by atoms with van der Waals surface area (Å²) in [6.07, 6.45) is 8.17. The number of nitrogens with one attached hydrogen (secondary N) is 1. The maximum atomic E-state index is 13.5. The molecule has 0 saturated heterocycles. The number of esters is 1. The molecule has 2 heterocycles. The smallest absolute Gasteiger partial charge is 0.312 e. The highest BCUT2D eigenvalue weighted by atomic mass is 35.5. The highest BCUT2D eigenvalue weighted by Crippen LogP contribution is 2.50. The zero-order valence-electron chi connectivity index (χ0n) is 30.0. The fraction of sp³-hybridized carbons (Fsp3) is 0.590. The van der Waals surface area contributed by atoms with E-state index in [0.29, 0.717) is 49.0 Å². The number of carbonyl (C=O) groups is 2. The van der Waals surface area contributed by atoms with Crippen molar-refractivity contribution in [1.82, 2.24) is 4.72 Å². The average molecular weight is 727 g/mol. The molecular formula is C39H51ClN2O7S. The number of carbonyl (C=O) groups excluding carboxylic acids is 2. The molecule has 0 aromatic heterocycles. The van der Waals surface area contributed by atoms with Crippen molar-refractivity contribution in [2.75, 3.05) is 24.6 Å². The van der Waals surface area contributed by atoms with E-state index in [4.69, 9.17) is 21.1 Å². The van der Waals surface area contributed by atoms with Gasteiger partial charge < -0.3 is 19.5 Å². The normalized spacial score (nSPS) is 32.2.